The maximum absolute atomic E-state index is 13.0. The first-order valence-corrected chi connectivity index (χ1v) is 8.65. The summed E-state index contributed by atoms with van der Waals surface area (Å²) in [6, 6.07) is 12.9. The van der Waals surface area contributed by atoms with Gasteiger partial charge in [0, 0.05) is 11.6 Å². The molecular weight excluding hydrogens is 367 g/mol. The van der Waals surface area contributed by atoms with Crippen LogP contribution in [0.3, 0.4) is 0 Å². The maximum atomic E-state index is 13.0. The zero-order chi connectivity index (χ0) is 18.7. The fourth-order valence-corrected chi connectivity index (χ4v) is 3.17. The van der Waals surface area contributed by atoms with Crippen molar-refractivity contribution in [2.75, 3.05) is 13.2 Å². The molecule has 2 aromatic carbocycles. The summed E-state index contributed by atoms with van der Waals surface area (Å²) in [6.45, 7) is 2.82. The predicted molar refractivity (Wildman–Crippen MR) is 92.9 cm³/mol. The van der Waals surface area contributed by atoms with E-state index in [1.54, 1.807) is 6.92 Å². The normalized spacial score (nSPS) is 22.2. The van der Waals surface area contributed by atoms with Crippen molar-refractivity contribution in [3.05, 3.63) is 70.2 Å². The minimum Gasteiger partial charge on any atom is -0.349 e. The Morgan fingerprint density at radius 2 is 1.92 bits per heavy atom. The van der Waals surface area contributed by atoms with Crippen LogP contribution in [0, 0.1) is 0 Å². The second-order valence-corrected chi connectivity index (χ2v) is 6.57. The Hall–Kier alpha value is -1.60. The van der Waals surface area contributed by atoms with Crippen LogP contribution in [0.25, 0.3) is 0 Å². The first kappa shape index (κ1) is 19.2. The van der Waals surface area contributed by atoms with Gasteiger partial charge in [0.25, 0.3) is 0 Å². The molecule has 0 saturated carbocycles. The van der Waals surface area contributed by atoms with E-state index >= 15 is 0 Å². The highest BCUT2D eigenvalue weighted by Gasteiger charge is 2.33. The zero-order valence-corrected chi connectivity index (χ0v) is 14.8. The van der Waals surface area contributed by atoms with Gasteiger partial charge in [-0.15, -0.1) is 0 Å². The quantitative estimate of drug-likeness (QED) is 0.792. The Morgan fingerprint density at radius 3 is 2.62 bits per heavy atom. The summed E-state index contributed by atoms with van der Waals surface area (Å²) in [4.78, 5) is 0. The largest absolute Gasteiger partial charge is 0.416 e. The lowest BCUT2D eigenvalue weighted by atomic mass is 10.0. The molecule has 0 amide bonds. The molecule has 0 radical (unpaired) electrons. The molecule has 3 nitrogen and oxygen atoms in total. The molecule has 7 heteroatoms. The number of nitrogens with one attached hydrogen (secondary N) is 1. The lowest BCUT2D eigenvalue weighted by Crippen LogP contribution is -2.43. The van der Waals surface area contributed by atoms with Crippen molar-refractivity contribution in [3.63, 3.8) is 0 Å². The van der Waals surface area contributed by atoms with E-state index in [1.165, 1.54) is 6.07 Å². The van der Waals surface area contributed by atoms with Crippen LogP contribution in [0.5, 0.6) is 0 Å². The number of alkyl halides is 3. The molecule has 140 valence electrons. The smallest absolute Gasteiger partial charge is 0.349 e. The van der Waals surface area contributed by atoms with Crippen LogP contribution in [0.2, 0.25) is 5.02 Å². The summed E-state index contributed by atoms with van der Waals surface area (Å²) in [5.41, 5.74) is 0.551. The van der Waals surface area contributed by atoms with Gasteiger partial charge in [0.05, 0.1) is 24.3 Å². The molecule has 0 aliphatic carbocycles. The number of rotatable bonds is 4. The minimum absolute atomic E-state index is 0.0209. The number of ether oxygens (including phenoxy) is 2. The van der Waals surface area contributed by atoms with Crippen molar-refractivity contribution >= 4 is 11.6 Å². The van der Waals surface area contributed by atoms with Crippen LogP contribution in [-0.4, -0.2) is 19.4 Å². The third-order valence-electron chi connectivity index (χ3n) is 4.23. The zero-order valence-electron chi connectivity index (χ0n) is 14.1. The van der Waals surface area contributed by atoms with Crippen LogP contribution in [0.1, 0.15) is 35.8 Å². The monoisotopic (exact) mass is 385 g/mol. The minimum atomic E-state index is -4.46. The van der Waals surface area contributed by atoms with Gasteiger partial charge in [0.1, 0.15) is 0 Å². The van der Waals surface area contributed by atoms with Crippen molar-refractivity contribution < 1.29 is 22.6 Å². The molecule has 0 bridgehead atoms. The Kier molecular flexibility index (Phi) is 5.87. The first-order valence-electron chi connectivity index (χ1n) is 8.27. The van der Waals surface area contributed by atoms with E-state index in [0.717, 1.165) is 17.7 Å². The van der Waals surface area contributed by atoms with E-state index in [2.05, 4.69) is 5.32 Å². The standard InChI is InChI=1S/C19H19ClF3NO2/c1-12(14-9-15(19(21,22)23)11-16(20)10-14)26-18-17(24-7-8-25-18)13-5-3-2-4-6-13/h2-6,9-12,17-18,24H,7-8H2,1H3. The number of halogens is 4. The van der Waals surface area contributed by atoms with E-state index in [-0.39, 0.29) is 11.1 Å². The molecule has 1 aliphatic heterocycles. The summed E-state index contributed by atoms with van der Waals surface area (Å²) in [6.07, 6.45) is -5.70. The van der Waals surface area contributed by atoms with Crippen LogP contribution < -0.4 is 5.32 Å². The average molecular weight is 386 g/mol. The number of morpholine rings is 1. The van der Waals surface area contributed by atoms with Gasteiger partial charge in [-0.05, 0) is 36.2 Å². The fourth-order valence-electron chi connectivity index (χ4n) is 2.93. The second-order valence-electron chi connectivity index (χ2n) is 6.13. The molecule has 1 fully saturated rings. The molecule has 1 N–H and O–H groups in total. The Labute approximate surface area is 155 Å². The molecule has 0 spiro atoms. The Balaban J connectivity index is 1.80. The molecular formula is C19H19ClF3NO2. The molecule has 0 aromatic heterocycles. The summed E-state index contributed by atoms with van der Waals surface area (Å²) >= 11 is 5.87. The molecule has 2 aromatic rings. The highest BCUT2D eigenvalue weighted by atomic mass is 35.5. The van der Waals surface area contributed by atoms with E-state index < -0.39 is 24.1 Å². The van der Waals surface area contributed by atoms with E-state index in [0.29, 0.717) is 18.7 Å². The first-order chi connectivity index (χ1) is 12.3. The molecule has 3 rings (SSSR count). The lowest BCUT2D eigenvalue weighted by molar-refractivity contribution is -0.200. The highest BCUT2D eigenvalue weighted by molar-refractivity contribution is 6.30. The number of hydrogen-bond acceptors (Lipinski definition) is 3. The van der Waals surface area contributed by atoms with Gasteiger partial charge < -0.3 is 14.8 Å². The summed E-state index contributed by atoms with van der Waals surface area (Å²) in [5, 5.41) is 3.35. The maximum Gasteiger partial charge on any atom is 0.416 e. The van der Waals surface area contributed by atoms with Crippen molar-refractivity contribution in [2.24, 2.45) is 0 Å². The van der Waals surface area contributed by atoms with Gasteiger partial charge in [-0.1, -0.05) is 41.9 Å². The third-order valence-corrected chi connectivity index (χ3v) is 4.45. The van der Waals surface area contributed by atoms with Crippen molar-refractivity contribution in [1.82, 2.24) is 5.32 Å². The van der Waals surface area contributed by atoms with Gasteiger partial charge >= 0.3 is 6.18 Å². The van der Waals surface area contributed by atoms with Crippen molar-refractivity contribution in [1.29, 1.82) is 0 Å². The SMILES string of the molecule is CC(OC1OCCNC1c1ccccc1)c1cc(Cl)cc(C(F)(F)F)c1. The third kappa shape index (κ3) is 4.57. The summed E-state index contributed by atoms with van der Waals surface area (Å²) < 4.78 is 50.7. The van der Waals surface area contributed by atoms with Gasteiger partial charge in [0.2, 0.25) is 0 Å². The summed E-state index contributed by atoms with van der Waals surface area (Å²) in [7, 11) is 0. The van der Waals surface area contributed by atoms with E-state index in [9.17, 15) is 13.2 Å². The van der Waals surface area contributed by atoms with Crippen LogP contribution in [0.15, 0.2) is 48.5 Å². The topological polar surface area (TPSA) is 30.5 Å². The average Bonchev–Trinajstić information content (AvgIpc) is 2.61. The predicted octanol–water partition coefficient (Wildman–Crippen LogP) is 5.12. The van der Waals surface area contributed by atoms with Crippen molar-refractivity contribution in [3.8, 4) is 0 Å². The number of benzene rings is 2. The second kappa shape index (κ2) is 7.96. The van der Waals surface area contributed by atoms with E-state index in [4.69, 9.17) is 21.1 Å². The Bertz CT molecular complexity index is 739. The molecule has 1 aliphatic rings. The fraction of sp³-hybridized carbons (Fsp3) is 0.368. The molecule has 3 atom stereocenters. The molecule has 26 heavy (non-hydrogen) atoms. The molecule has 1 saturated heterocycles. The highest BCUT2D eigenvalue weighted by Crippen LogP contribution is 2.35. The van der Waals surface area contributed by atoms with E-state index in [1.807, 2.05) is 30.3 Å². The molecule has 3 unspecified atom stereocenters. The van der Waals surface area contributed by atoms with Crippen LogP contribution in [-0.2, 0) is 15.7 Å². The lowest BCUT2D eigenvalue weighted by Gasteiger charge is -2.34. The van der Waals surface area contributed by atoms with Crippen LogP contribution >= 0.6 is 11.6 Å². The Morgan fingerprint density at radius 1 is 1.19 bits per heavy atom. The molecule has 1 heterocycles. The van der Waals surface area contributed by atoms with Crippen molar-refractivity contribution in [2.45, 2.75) is 31.5 Å². The van der Waals surface area contributed by atoms with Crippen LogP contribution in [0.4, 0.5) is 13.2 Å². The van der Waals surface area contributed by atoms with Gasteiger partial charge in [-0.2, -0.15) is 13.2 Å². The van der Waals surface area contributed by atoms with Gasteiger partial charge in [0.15, 0.2) is 6.29 Å². The van der Waals surface area contributed by atoms with Gasteiger partial charge in [-0.3, -0.25) is 0 Å². The summed E-state index contributed by atoms with van der Waals surface area (Å²) in [5.74, 6) is 0. The van der Waals surface area contributed by atoms with Gasteiger partial charge in [-0.25, -0.2) is 0 Å². The number of hydrogen-bond donors (Lipinski definition) is 1.